The van der Waals surface area contributed by atoms with Gasteiger partial charge in [-0.25, -0.2) is 9.59 Å². The highest BCUT2D eigenvalue weighted by molar-refractivity contribution is 5.90. The topological polar surface area (TPSA) is 105 Å². The fourth-order valence-corrected chi connectivity index (χ4v) is 3.63. The molecule has 0 bridgehead atoms. The molecule has 0 radical (unpaired) electrons. The van der Waals surface area contributed by atoms with Crippen molar-refractivity contribution in [3.63, 3.8) is 0 Å². The molecule has 176 valence electrons. The standard InChI is InChI=1S/C25H30N2O6/c1-17(2)22(24(30)32-15-18-9-5-3-6-10-18)26-23(29)21-13-20(28)14-27(21)25(31)33-16-19-11-7-4-8-12-19/h3-12,17,20-22,28H,13-16H2,1-2H3,(H,26,29)/t20-,21+,22+/m1/s1. The van der Waals surface area contributed by atoms with Crippen molar-refractivity contribution < 1.29 is 29.0 Å². The third-order valence-corrected chi connectivity index (χ3v) is 5.46. The summed E-state index contributed by atoms with van der Waals surface area (Å²) < 4.78 is 10.7. The van der Waals surface area contributed by atoms with Crippen LogP contribution in [0.15, 0.2) is 60.7 Å². The third kappa shape index (κ3) is 6.79. The first kappa shape index (κ1) is 24.3. The summed E-state index contributed by atoms with van der Waals surface area (Å²) in [7, 11) is 0. The van der Waals surface area contributed by atoms with Crippen LogP contribution in [0.25, 0.3) is 0 Å². The van der Waals surface area contributed by atoms with Crippen LogP contribution in [0.2, 0.25) is 0 Å². The molecule has 8 heteroatoms. The van der Waals surface area contributed by atoms with Crippen molar-refractivity contribution in [3.8, 4) is 0 Å². The van der Waals surface area contributed by atoms with Crippen LogP contribution in [-0.4, -0.2) is 52.7 Å². The van der Waals surface area contributed by atoms with E-state index in [0.717, 1.165) is 11.1 Å². The average Bonchev–Trinajstić information content (AvgIpc) is 3.22. The number of β-amino-alcohol motifs (C(OH)–C–C–N with tert-alkyl or cyclic N) is 1. The second-order valence-electron chi connectivity index (χ2n) is 8.42. The van der Waals surface area contributed by atoms with Gasteiger partial charge in [0.2, 0.25) is 5.91 Å². The maximum atomic E-state index is 13.0. The number of benzene rings is 2. The van der Waals surface area contributed by atoms with Gasteiger partial charge < -0.3 is 19.9 Å². The maximum Gasteiger partial charge on any atom is 0.410 e. The summed E-state index contributed by atoms with van der Waals surface area (Å²) >= 11 is 0. The number of ether oxygens (including phenoxy) is 2. The number of esters is 1. The zero-order valence-electron chi connectivity index (χ0n) is 18.8. The summed E-state index contributed by atoms with van der Waals surface area (Å²) in [4.78, 5) is 39.5. The fourth-order valence-electron chi connectivity index (χ4n) is 3.63. The molecule has 0 spiro atoms. The number of aliphatic hydroxyl groups excluding tert-OH is 1. The van der Waals surface area contributed by atoms with Gasteiger partial charge in [-0.15, -0.1) is 0 Å². The minimum absolute atomic E-state index is 0.0174. The molecule has 0 unspecified atom stereocenters. The molecule has 0 aromatic heterocycles. The lowest BCUT2D eigenvalue weighted by molar-refractivity contribution is -0.150. The summed E-state index contributed by atoms with van der Waals surface area (Å²) in [5.41, 5.74) is 1.65. The average molecular weight is 455 g/mol. The van der Waals surface area contributed by atoms with Crippen molar-refractivity contribution in [2.24, 2.45) is 5.92 Å². The van der Waals surface area contributed by atoms with Crippen molar-refractivity contribution >= 4 is 18.0 Å². The number of nitrogens with zero attached hydrogens (tertiary/aromatic N) is 1. The Balaban J connectivity index is 1.59. The Hall–Kier alpha value is -3.39. The van der Waals surface area contributed by atoms with Crippen LogP contribution in [-0.2, 0) is 32.3 Å². The molecule has 2 amide bonds. The number of hydrogen-bond donors (Lipinski definition) is 2. The first-order valence-electron chi connectivity index (χ1n) is 11.0. The molecule has 2 aromatic carbocycles. The van der Waals surface area contributed by atoms with Gasteiger partial charge in [-0.2, -0.15) is 0 Å². The quantitative estimate of drug-likeness (QED) is 0.594. The van der Waals surface area contributed by atoms with Crippen molar-refractivity contribution in [3.05, 3.63) is 71.8 Å². The number of rotatable bonds is 8. The van der Waals surface area contributed by atoms with Crippen LogP contribution < -0.4 is 5.32 Å². The minimum atomic E-state index is -0.938. The molecule has 3 rings (SSSR count). The number of likely N-dealkylation sites (tertiary alicyclic amines) is 1. The number of hydrogen-bond acceptors (Lipinski definition) is 6. The maximum absolute atomic E-state index is 13.0. The van der Waals surface area contributed by atoms with Crippen LogP contribution >= 0.6 is 0 Å². The van der Waals surface area contributed by atoms with Gasteiger partial charge in [-0.05, 0) is 17.0 Å². The Kier molecular flexibility index (Phi) is 8.43. The lowest BCUT2D eigenvalue weighted by Gasteiger charge is -2.26. The summed E-state index contributed by atoms with van der Waals surface area (Å²) in [5.74, 6) is -1.32. The number of aliphatic hydroxyl groups is 1. The van der Waals surface area contributed by atoms with Crippen LogP contribution in [0.5, 0.6) is 0 Å². The van der Waals surface area contributed by atoms with Crippen LogP contribution in [0.3, 0.4) is 0 Å². The molecule has 1 saturated heterocycles. The molecule has 1 fully saturated rings. The molecule has 2 aromatic rings. The second kappa shape index (κ2) is 11.5. The third-order valence-electron chi connectivity index (χ3n) is 5.46. The normalized spacial score (nSPS) is 18.6. The predicted molar refractivity (Wildman–Crippen MR) is 121 cm³/mol. The zero-order valence-corrected chi connectivity index (χ0v) is 18.8. The van der Waals surface area contributed by atoms with E-state index in [2.05, 4.69) is 5.32 Å². The van der Waals surface area contributed by atoms with E-state index in [1.54, 1.807) is 13.8 Å². The highest BCUT2D eigenvalue weighted by Crippen LogP contribution is 2.21. The summed E-state index contributed by atoms with van der Waals surface area (Å²) in [5, 5.41) is 12.8. The summed E-state index contributed by atoms with van der Waals surface area (Å²) in [6.07, 6.45) is -1.48. The molecule has 1 aliphatic rings. The van der Waals surface area contributed by atoms with Crippen molar-refractivity contribution in [2.45, 2.75) is 51.7 Å². The van der Waals surface area contributed by atoms with Gasteiger partial charge in [0.15, 0.2) is 0 Å². The van der Waals surface area contributed by atoms with E-state index in [-0.39, 0.29) is 32.1 Å². The smallest absolute Gasteiger partial charge is 0.410 e. The molecule has 0 aliphatic carbocycles. The largest absolute Gasteiger partial charge is 0.459 e. The first-order valence-corrected chi connectivity index (χ1v) is 11.0. The predicted octanol–water partition coefficient (Wildman–Crippen LogP) is 2.64. The van der Waals surface area contributed by atoms with E-state index in [4.69, 9.17) is 9.47 Å². The Morgan fingerprint density at radius 1 is 0.970 bits per heavy atom. The molecule has 1 heterocycles. The molecule has 2 N–H and O–H groups in total. The monoisotopic (exact) mass is 454 g/mol. The van der Waals surface area contributed by atoms with Crippen LogP contribution in [0.1, 0.15) is 31.4 Å². The molecular weight excluding hydrogens is 424 g/mol. The zero-order chi connectivity index (χ0) is 23.8. The van der Waals surface area contributed by atoms with Gasteiger partial charge in [-0.3, -0.25) is 9.69 Å². The number of carbonyl (C=O) groups is 3. The highest BCUT2D eigenvalue weighted by atomic mass is 16.6. The van der Waals surface area contributed by atoms with Crippen LogP contribution in [0, 0.1) is 5.92 Å². The fraction of sp³-hybridized carbons (Fsp3) is 0.400. The minimum Gasteiger partial charge on any atom is -0.459 e. The van der Waals surface area contributed by atoms with E-state index in [1.807, 2.05) is 60.7 Å². The molecule has 1 aliphatic heterocycles. The number of amides is 2. The molecule has 3 atom stereocenters. The lowest BCUT2D eigenvalue weighted by Crippen LogP contribution is -2.52. The first-order chi connectivity index (χ1) is 15.8. The van der Waals surface area contributed by atoms with Crippen molar-refractivity contribution in [1.82, 2.24) is 10.2 Å². The van der Waals surface area contributed by atoms with Gasteiger partial charge in [0.25, 0.3) is 0 Å². The Labute approximate surface area is 193 Å². The van der Waals surface area contributed by atoms with Gasteiger partial charge in [0.05, 0.1) is 12.6 Å². The highest BCUT2D eigenvalue weighted by Gasteiger charge is 2.41. The van der Waals surface area contributed by atoms with Crippen molar-refractivity contribution in [2.75, 3.05) is 6.54 Å². The summed E-state index contributed by atoms with van der Waals surface area (Å²) in [6, 6.07) is 16.6. The second-order valence-corrected chi connectivity index (χ2v) is 8.42. The Morgan fingerprint density at radius 3 is 2.06 bits per heavy atom. The molecule has 33 heavy (non-hydrogen) atoms. The molecule has 0 saturated carbocycles. The summed E-state index contributed by atoms with van der Waals surface area (Å²) in [6.45, 7) is 3.73. The molecular formula is C25H30N2O6. The van der Waals surface area contributed by atoms with Crippen molar-refractivity contribution in [1.29, 1.82) is 0 Å². The van der Waals surface area contributed by atoms with E-state index in [1.165, 1.54) is 4.90 Å². The van der Waals surface area contributed by atoms with Gasteiger partial charge in [0.1, 0.15) is 25.3 Å². The number of nitrogens with one attached hydrogen (secondary N) is 1. The van der Waals surface area contributed by atoms with Gasteiger partial charge >= 0.3 is 12.1 Å². The van der Waals surface area contributed by atoms with E-state index in [9.17, 15) is 19.5 Å². The van der Waals surface area contributed by atoms with E-state index < -0.39 is 36.2 Å². The number of carbonyl (C=O) groups excluding carboxylic acids is 3. The van der Waals surface area contributed by atoms with Crippen LogP contribution in [0.4, 0.5) is 4.79 Å². The molecule has 8 nitrogen and oxygen atoms in total. The Bertz CT molecular complexity index is 934. The van der Waals surface area contributed by atoms with Gasteiger partial charge in [0, 0.05) is 6.42 Å². The van der Waals surface area contributed by atoms with E-state index in [0.29, 0.717) is 0 Å². The Morgan fingerprint density at radius 2 is 1.52 bits per heavy atom. The lowest BCUT2D eigenvalue weighted by atomic mass is 10.0. The van der Waals surface area contributed by atoms with Gasteiger partial charge in [-0.1, -0.05) is 74.5 Å². The SMILES string of the molecule is CC(C)[C@H](NC(=O)[C@@H]1C[C@@H](O)CN1C(=O)OCc1ccccc1)C(=O)OCc1ccccc1. The van der Waals surface area contributed by atoms with E-state index >= 15 is 0 Å².